The van der Waals surface area contributed by atoms with Gasteiger partial charge < -0.3 is 14.5 Å². The van der Waals surface area contributed by atoms with Crippen molar-refractivity contribution in [1.82, 2.24) is 25.6 Å². The third kappa shape index (κ3) is 3.49. The quantitative estimate of drug-likeness (QED) is 0.684. The fourth-order valence-electron chi connectivity index (χ4n) is 4.86. The summed E-state index contributed by atoms with van der Waals surface area (Å²) in [6, 6.07) is 7.26. The Labute approximate surface area is 174 Å². The average molecular weight is 409 g/mol. The number of pyridine rings is 1. The van der Waals surface area contributed by atoms with E-state index in [4.69, 9.17) is 9.47 Å². The molecule has 2 unspecified atom stereocenters. The molecule has 5 rings (SSSR count). The fraction of sp³-hybridized carbons (Fsp3) is 0.545. The molecular formula is C22H27N5O3. The van der Waals surface area contributed by atoms with Gasteiger partial charge in [-0.25, -0.2) is 0 Å². The summed E-state index contributed by atoms with van der Waals surface area (Å²) in [5.74, 6) is 1.83. The first-order chi connectivity index (χ1) is 14.5. The summed E-state index contributed by atoms with van der Waals surface area (Å²) in [5, 5.41) is 15.9. The minimum Gasteiger partial charge on any atom is -0.485 e. The van der Waals surface area contributed by atoms with Crippen LogP contribution in [0.3, 0.4) is 0 Å². The highest BCUT2D eigenvalue weighted by Crippen LogP contribution is 2.42. The summed E-state index contributed by atoms with van der Waals surface area (Å²) >= 11 is 0. The Balaban J connectivity index is 1.50. The van der Waals surface area contributed by atoms with Crippen molar-refractivity contribution in [3.05, 3.63) is 46.0 Å². The van der Waals surface area contributed by atoms with Crippen LogP contribution >= 0.6 is 0 Å². The van der Waals surface area contributed by atoms with E-state index in [0.29, 0.717) is 18.2 Å². The number of nitrogens with one attached hydrogen (secondary N) is 2. The zero-order valence-corrected chi connectivity index (χ0v) is 17.4. The summed E-state index contributed by atoms with van der Waals surface area (Å²) in [6.07, 6.45) is 6.17. The summed E-state index contributed by atoms with van der Waals surface area (Å²) in [6.45, 7) is 4.12. The van der Waals surface area contributed by atoms with E-state index >= 15 is 0 Å². The highest BCUT2D eigenvalue weighted by Gasteiger charge is 2.42. The van der Waals surface area contributed by atoms with Gasteiger partial charge in [-0.15, -0.1) is 10.2 Å². The van der Waals surface area contributed by atoms with Crippen LogP contribution in [-0.4, -0.2) is 37.3 Å². The topological polar surface area (TPSA) is 106 Å². The van der Waals surface area contributed by atoms with Gasteiger partial charge in [0.05, 0.1) is 0 Å². The molecule has 8 nitrogen and oxygen atoms in total. The summed E-state index contributed by atoms with van der Waals surface area (Å²) < 4.78 is 13.1. The molecule has 2 N–H and O–H groups in total. The minimum absolute atomic E-state index is 0.109. The predicted molar refractivity (Wildman–Crippen MR) is 111 cm³/mol. The molecule has 1 aliphatic carbocycles. The molecule has 30 heavy (non-hydrogen) atoms. The molecule has 0 saturated heterocycles. The monoisotopic (exact) mass is 409 g/mol. The standard InChI is InChI=1S/C22H27N5O3/c1-22(2)18(29-20(21-24-26-27-25-21)13-6-4-3-5-7-13)12-15-14-8-11-19(28)23-16(14)9-10-17(15)30-22/h8-11,13,18,20H,3-7,12H2,1-2H3,(H,23,28)(H,24,25,26,27). The van der Waals surface area contributed by atoms with Gasteiger partial charge in [-0.3, -0.25) is 4.79 Å². The Morgan fingerprint density at radius 1 is 1.17 bits per heavy atom. The number of fused-ring (bicyclic) bond motifs is 3. The third-order valence-electron chi connectivity index (χ3n) is 6.52. The van der Waals surface area contributed by atoms with Crippen molar-refractivity contribution >= 4 is 10.9 Å². The number of nitrogens with zero attached hydrogens (tertiary/aromatic N) is 3. The summed E-state index contributed by atoms with van der Waals surface area (Å²) in [7, 11) is 0. The molecule has 2 atom stereocenters. The summed E-state index contributed by atoms with van der Waals surface area (Å²) in [5.41, 5.74) is 1.25. The van der Waals surface area contributed by atoms with Crippen molar-refractivity contribution in [2.45, 2.75) is 70.2 Å². The van der Waals surface area contributed by atoms with E-state index in [0.717, 1.165) is 35.1 Å². The number of hydrogen-bond donors (Lipinski definition) is 2. The Bertz CT molecular complexity index is 1090. The SMILES string of the molecule is CC1(C)Oc2ccc3[nH]c(=O)ccc3c2CC1OC(c1nn[nH]n1)C1CCCCC1. The summed E-state index contributed by atoms with van der Waals surface area (Å²) in [4.78, 5) is 14.6. The lowest BCUT2D eigenvalue weighted by atomic mass is 9.84. The first-order valence-electron chi connectivity index (χ1n) is 10.7. The van der Waals surface area contributed by atoms with Gasteiger partial charge in [-0.2, -0.15) is 5.21 Å². The molecule has 0 bridgehead atoms. The van der Waals surface area contributed by atoms with Gasteiger partial charge >= 0.3 is 0 Å². The van der Waals surface area contributed by atoms with Crippen molar-refractivity contribution in [2.24, 2.45) is 5.92 Å². The van der Waals surface area contributed by atoms with E-state index in [1.165, 1.54) is 19.3 Å². The van der Waals surface area contributed by atoms with Gasteiger partial charge in [0.1, 0.15) is 23.6 Å². The molecule has 0 radical (unpaired) electrons. The Morgan fingerprint density at radius 2 is 2.00 bits per heavy atom. The van der Waals surface area contributed by atoms with Crippen molar-refractivity contribution in [2.75, 3.05) is 0 Å². The minimum atomic E-state index is -0.514. The van der Waals surface area contributed by atoms with Crippen LogP contribution < -0.4 is 10.3 Å². The van der Waals surface area contributed by atoms with Crippen LogP contribution in [0.4, 0.5) is 0 Å². The number of rotatable bonds is 4. The number of hydrogen-bond acceptors (Lipinski definition) is 6. The van der Waals surface area contributed by atoms with Crippen LogP contribution in [0.5, 0.6) is 5.75 Å². The largest absolute Gasteiger partial charge is 0.485 e. The van der Waals surface area contributed by atoms with Gasteiger partial charge in [0.2, 0.25) is 11.4 Å². The molecule has 0 amide bonds. The van der Waals surface area contributed by atoms with Gasteiger partial charge in [-0.05, 0) is 50.8 Å². The second kappa shape index (κ2) is 7.50. The van der Waals surface area contributed by atoms with Gasteiger partial charge in [0.25, 0.3) is 0 Å². The number of aromatic amines is 2. The van der Waals surface area contributed by atoms with Crippen molar-refractivity contribution in [3.63, 3.8) is 0 Å². The number of ether oxygens (including phenoxy) is 2. The third-order valence-corrected chi connectivity index (χ3v) is 6.52. The first-order valence-corrected chi connectivity index (χ1v) is 10.7. The molecule has 158 valence electrons. The van der Waals surface area contributed by atoms with Crippen molar-refractivity contribution < 1.29 is 9.47 Å². The maximum Gasteiger partial charge on any atom is 0.248 e. The number of benzene rings is 1. The molecular weight excluding hydrogens is 382 g/mol. The second-order valence-electron chi connectivity index (χ2n) is 8.95. The van der Waals surface area contributed by atoms with E-state index < -0.39 is 5.60 Å². The highest BCUT2D eigenvalue weighted by molar-refractivity contribution is 5.84. The molecule has 8 heteroatoms. The van der Waals surface area contributed by atoms with Gasteiger partial charge in [0, 0.05) is 29.0 Å². The Morgan fingerprint density at radius 3 is 2.77 bits per heavy atom. The van der Waals surface area contributed by atoms with Crippen LogP contribution in [0, 0.1) is 5.92 Å². The highest BCUT2D eigenvalue weighted by atomic mass is 16.6. The Hall–Kier alpha value is -2.74. The fourth-order valence-corrected chi connectivity index (χ4v) is 4.86. The maximum atomic E-state index is 11.7. The van der Waals surface area contributed by atoms with E-state index in [2.05, 4.69) is 39.5 Å². The van der Waals surface area contributed by atoms with Crippen LogP contribution in [0.15, 0.2) is 29.1 Å². The number of H-pyrrole nitrogens is 2. The average Bonchev–Trinajstić information content (AvgIpc) is 3.26. The zero-order valence-electron chi connectivity index (χ0n) is 17.4. The molecule has 0 spiro atoms. The molecule has 2 aliphatic rings. The van der Waals surface area contributed by atoms with E-state index in [9.17, 15) is 4.79 Å². The smallest absolute Gasteiger partial charge is 0.248 e. The Kier molecular flexibility index (Phi) is 4.81. The van der Waals surface area contributed by atoms with E-state index in [1.807, 2.05) is 18.2 Å². The normalized spacial score (nSPS) is 22.4. The van der Waals surface area contributed by atoms with Crippen LogP contribution in [-0.2, 0) is 11.2 Å². The molecule has 1 saturated carbocycles. The number of tetrazole rings is 1. The molecule has 3 aromatic rings. The molecule has 2 aromatic heterocycles. The van der Waals surface area contributed by atoms with Crippen LogP contribution in [0.25, 0.3) is 10.9 Å². The predicted octanol–water partition coefficient (Wildman–Crippen LogP) is 3.46. The molecule has 1 aliphatic heterocycles. The second-order valence-corrected chi connectivity index (χ2v) is 8.95. The van der Waals surface area contributed by atoms with Crippen molar-refractivity contribution in [1.29, 1.82) is 0 Å². The van der Waals surface area contributed by atoms with Crippen LogP contribution in [0.1, 0.15) is 63.4 Å². The molecule has 1 aromatic carbocycles. The van der Waals surface area contributed by atoms with Gasteiger partial charge in [0.15, 0.2) is 0 Å². The first kappa shape index (κ1) is 19.2. The lowest BCUT2D eigenvalue weighted by Crippen LogP contribution is -2.49. The van der Waals surface area contributed by atoms with E-state index in [1.54, 1.807) is 6.07 Å². The van der Waals surface area contributed by atoms with Crippen molar-refractivity contribution in [3.8, 4) is 5.75 Å². The number of aromatic nitrogens is 5. The lowest BCUT2D eigenvalue weighted by molar-refractivity contribution is -0.136. The lowest BCUT2D eigenvalue weighted by Gasteiger charge is -2.42. The maximum absolute atomic E-state index is 11.7. The van der Waals surface area contributed by atoms with Gasteiger partial charge in [-0.1, -0.05) is 24.5 Å². The molecule has 1 fully saturated rings. The zero-order chi connectivity index (χ0) is 20.7. The van der Waals surface area contributed by atoms with E-state index in [-0.39, 0.29) is 17.8 Å². The molecule has 3 heterocycles. The van der Waals surface area contributed by atoms with Crippen LogP contribution in [0.2, 0.25) is 0 Å².